The van der Waals surface area contributed by atoms with Crippen LogP contribution in [-0.4, -0.2) is 52.3 Å². The number of nitrogens with one attached hydrogen (secondary N) is 2. The number of thiazole rings is 1. The summed E-state index contributed by atoms with van der Waals surface area (Å²) in [6.45, 7) is 8.41. The predicted octanol–water partition coefficient (Wildman–Crippen LogP) is 4.89. The van der Waals surface area contributed by atoms with E-state index in [9.17, 15) is 9.59 Å². The van der Waals surface area contributed by atoms with Gasteiger partial charge in [0.2, 0.25) is 0 Å². The molecular weight excluding hydrogens is 488 g/mol. The van der Waals surface area contributed by atoms with Gasteiger partial charge >= 0.3 is 0 Å². The van der Waals surface area contributed by atoms with Gasteiger partial charge in [-0.05, 0) is 57.0 Å². The van der Waals surface area contributed by atoms with Gasteiger partial charge in [-0.2, -0.15) is 0 Å². The molecule has 0 unspecified atom stereocenters. The van der Waals surface area contributed by atoms with Crippen LogP contribution >= 0.6 is 11.3 Å². The van der Waals surface area contributed by atoms with Crippen LogP contribution in [0.3, 0.4) is 0 Å². The fraction of sp³-hybridized carbons (Fsp3) is 0.393. The van der Waals surface area contributed by atoms with E-state index in [0.717, 1.165) is 23.2 Å². The Bertz CT molecular complexity index is 1320. The number of anilines is 1. The Morgan fingerprint density at radius 3 is 2.65 bits per heavy atom. The number of benzene rings is 1. The molecule has 0 saturated carbocycles. The number of hydrogen-bond donors (Lipinski definition) is 2. The highest BCUT2D eigenvalue weighted by atomic mass is 32.1. The summed E-state index contributed by atoms with van der Waals surface area (Å²) in [6.07, 6.45) is 6.46. The molecule has 9 heteroatoms. The van der Waals surface area contributed by atoms with E-state index in [1.165, 1.54) is 24.0 Å². The van der Waals surface area contributed by atoms with Gasteiger partial charge in [-0.25, -0.2) is 4.98 Å². The van der Waals surface area contributed by atoms with Crippen LogP contribution in [0.1, 0.15) is 50.0 Å². The largest absolute Gasteiger partial charge is 0.382 e. The zero-order valence-corrected chi connectivity index (χ0v) is 22.9. The Morgan fingerprint density at radius 1 is 1.22 bits per heavy atom. The Hall–Kier alpha value is -3.27. The van der Waals surface area contributed by atoms with E-state index in [-0.39, 0.29) is 23.7 Å². The average molecular weight is 523 g/mol. The third-order valence-electron chi connectivity index (χ3n) is 5.99. The summed E-state index contributed by atoms with van der Waals surface area (Å²) >= 11 is 1.33. The molecule has 8 nitrogen and oxygen atoms in total. The Balaban J connectivity index is 1.48. The summed E-state index contributed by atoms with van der Waals surface area (Å²) in [4.78, 5) is 30.1. The third-order valence-corrected chi connectivity index (χ3v) is 6.75. The second-order valence-corrected chi connectivity index (χ2v) is 11.3. The number of carbonyl (C=O) groups excluding carboxylic acids is 2. The van der Waals surface area contributed by atoms with Gasteiger partial charge in [-0.15, -0.1) is 11.3 Å². The molecule has 1 atom stereocenters. The molecule has 0 radical (unpaired) electrons. The van der Waals surface area contributed by atoms with Crippen molar-refractivity contribution in [3.8, 4) is 11.3 Å². The Labute approximate surface area is 221 Å². The van der Waals surface area contributed by atoms with Crippen molar-refractivity contribution in [1.29, 1.82) is 0 Å². The smallest absolute Gasteiger partial charge is 0.253 e. The average Bonchev–Trinajstić information content (AvgIpc) is 3.46. The summed E-state index contributed by atoms with van der Waals surface area (Å²) in [6, 6.07) is 9.09. The maximum Gasteiger partial charge on any atom is 0.253 e. The Kier molecular flexibility index (Phi) is 7.68. The van der Waals surface area contributed by atoms with Crippen molar-refractivity contribution < 1.29 is 19.1 Å². The maximum atomic E-state index is 12.9. The van der Waals surface area contributed by atoms with Crippen LogP contribution in [0.2, 0.25) is 0 Å². The number of aromatic nitrogens is 2. The van der Waals surface area contributed by atoms with Gasteiger partial charge in [0.25, 0.3) is 11.8 Å². The summed E-state index contributed by atoms with van der Waals surface area (Å²) in [7, 11) is 3.31. The highest BCUT2D eigenvalue weighted by molar-refractivity contribution is 7.14. The first kappa shape index (κ1) is 26.8. The number of ether oxygens (including phenoxy) is 2. The van der Waals surface area contributed by atoms with Crippen LogP contribution < -0.4 is 10.6 Å². The molecule has 2 aromatic heterocycles. The fourth-order valence-corrected chi connectivity index (χ4v) is 5.38. The molecule has 0 saturated heterocycles. The number of aryl methyl sites for hydroxylation is 1. The number of amides is 2. The van der Waals surface area contributed by atoms with E-state index in [2.05, 4.69) is 61.5 Å². The monoisotopic (exact) mass is 522 g/mol. The molecular formula is C28H34N4O4S. The molecule has 1 aliphatic heterocycles. The molecule has 2 amide bonds. The molecule has 196 valence electrons. The van der Waals surface area contributed by atoms with Gasteiger partial charge in [0, 0.05) is 43.9 Å². The molecule has 0 aliphatic carbocycles. The number of methoxy groups -OCH3 is 1. The zero-order valence-electron chi connectivity index (χ0n) is 22.1. The topological polar surface area (TPSA) is 94.5 Å². The van der Waals surface area contributed by atoms with E-state index >= 15 is 0 Å². The van der Waals surface area contributed by atoms with E-state index in [1.54, 1.807) is 23.0 Å². The zero-order chi connectivity index (χ0) is 26.8. The van der Waals surface area contributed by atoms with Gasteiger partial charge in [0.15, 0.2) is 5.13 Å². The molecule has 1 aliphatic rings. The minimum Gasteiger partial charge on any atom is -0.382 e. The number of carbonyl (C=O) groups is 2. The highest BCUT2D eigenvalue weighted by Gasteiger charge is 2.34. The van der Waals surface area contributed by atoms with Crippen LogP contribution in [0.5, 0.6) is 0 Å². The summed E-state index contributed by atoms with van der Waals surface area (Å²) in [5, 5.41) is 7.92. The fourth-order valence-electron chi connectivity index (χ4n) is 4.66. The molecule has 2 N–H and O–H groups in total. The lowest BCUT2D eigenvalue weighted by Crippen LogP contribution is -2.46. The van der Waals surface area contributed by atoms with Crippen molar-refractivity contribution in [3.63, 3.8) is 0 Å². The standard InChI is InChI=1S/C28H34N4O4S/c1-27(2)13-21(14-28(3,4)36-27)18-8-7-9-19(12-18)23-17-37-26(30-23)31-25(34)22(16-35-6)29-24(33)20-10-11-32(5)15-20/h7-13,15,17,22H,14,16H2,1-6H3,(H,29,33)(H,30,31,34)/t22-/m0/s1. The quantitative estimate of drug-likeness (QED) is 0.439. The molecule has 3 aromatic rings. The number of hydrogen-bond acceptors (Lipinski definition) is 6. The van der Waals surface area contributed by atoms with Gasteiger partial charge < -0.3 is 24.7 Å². The first-order valence-corrected chi connectivity index (χ1v) is 13.0. The second kappa shape index (κ2) is 10.6. The lowest BCUT2D eigenvalue weighted by molar-refractivity contribution is -0.119. The van der Waals surface area contributed by atoms with Gasteiger partial charge in [-0.1, -0.05) is 18.2 Å². The van der Waals surface area contributed by atoms with Crippen molar-refractivity contribution in [2.75, 3.05) is 19.0 Å². The highest BCUT2D eigenvalue weighted by Crippen LogP contribution is 2.39. The molecule has 3 heterocycles. The summed E-state index contributed by atoms with van der Waals surface area (Å²) in [5.41, 5.74) is 3.97. The van der Waals surface area contributed by atoms with Gasteiger partial charge in [0.1, 0.15) is 6.04 Å². The second-order valence-electron chi connectivity index (χ2n) is 10.5. The van der Waals surface area contributed by atoms with E-state index in [4.69, 9.17) is 9.47 Å². The first-order valence-electron chi connectivity index (χ1n) is 12.2. The van der Waals surface area contributed by atoms with Crippen LogP contribution in [0.4, 0.5) is 5.13 Å². The van der Waals surface area contributed by atoms with Crippen molar-refractivity contribution in [2.24, 2.45) is 7.05 Å². The van der Waals surface area contributed by atoms with Gasteiger partial charge in [0.05, 0.1) is 29.1 Å². The van der Waals surface area contributed by atoms with Crippen molar-refractivity contribution in [2.45, 2.75) is 51.4 Å². The predicted molar refractivity (Wildman–Crippen MR) is 147 cm³/mol. The van der Waals surface area contributed by atoms with Crippen LogP contribution in [0.15, 0.2) is 54.2 Å². The van der Waals surface area contributed by atoms with Crippen molar-refractivity contribution in [1.82, 2.24) is 14.9 Å². The van der Waals surface area contributed by atoms with Crippen LogP contribution in [-0.2, 0) is 21.3 Å². The van der Waals surface area contributed by atoms with E-state index < -0.39 is 11.9 Å². The van der Waals surface area contributed by atoms with E-state index in [1.807, 2.05) is 24.6 Å². The minimum absolute atomic E-state index is 0.0379. The Morgan fingerprint density at radius 2 is 1.97 bits per heavy atom. The third kappa shape index (κ3) is 6.74. The molecule has 0 spiro atoms. The van der Waals surface area contributed by atoms with Crippen molar-refractivity contribution in [3.05, 3.63) is 65.3 Å². The van der Waals surface area contributed by atoms with Gasteiger partial charge in [-0.3, -0.25) is 9.59 Å². The molecule has 0 bridgehead atoms. The lowest BCUT2D eigenvalue weighted by atomic mass is 9.85. The molecule has 0 fully saturated rings. The van der Waals surface area contributed by atoms with Crippen LogP contribution in [0, 0.1) is 0 Å². The summed E-state index contributed by atoms with van der Waals surface area (Å²) in [5.74, 6) is -0.735. The van der Waals surface area contributed by atoms with Crippen molar-refractivity contribution >= 4 is 33.9 Å². The lowest BCUT2D eigenvalue weighted by Gasteiger charge is -2.40. The minimum atomic E-state index is -0.861. The number of nitrogens with zero attached hydrogens (tertiary/aromatic N) is 2. The van der Waals surface area contributed by atoms with E-state index in [0.29, 0.717) is 10.7 Å². The summed E-state index contributed by atoms with van der Waals surface area (Å²) < 4.78 is 13.1. The maximum absolute atomic E-state index is 12.9. The number of rotatable bonds is 8. The molecule has 1 aromatic carbocycles. The first-order chi connectivity index (χ1) is 17.4. The van der Waals surface area contributed by atoms with Crippen LogP contribution in [0.25, 0.3) is 16.8 Å². The SMILES string of the molecule is COC[C@H](NC(=O)c1ccn(C)c1)C(=O)Nc1nc(-c2cccc(C3=CC(C)(C)OC(C)(C)C3)c2)cs1. The molecule has 37 heavy (non-hydrogen) atoms. The normalized spacial score (nSPS) is 17.1. The molecule has 4 rings (SSSR count).